The molecule has 0 amide bonds. The molecule has 0 aliphatic carbocycles. The van der Waals surface area contributed by atoms with E-state index < -0.39 is 9.05 Å². The van der Waals surface area contributed by atoms with Gasteiger partial charge in [-0.3, -0.25) is 0 Å². The molecule has 0 heterocycles. The second-order valence-corrected chi connectivity index (χ2v) is 1.80. The van der Waals surface area contributed by atoms with Gasteiger partial charge in [-0.1, -0.05) is 7.43 Å². The van der Waals surface area contributed by atoms with Gasteiger partial charge in [0.1, 0.15) is 0 Å². The van der Waals surface area contributed by atoms with Crippen molar-refractivity contribution in [1.82, 2.24) is 0 Å². The van der Waals surface area contributed by atoms with Gasteiger partial charge in [-0.05, 0) is 0 Å². The summed E-state index contributed by atoms with van der Waals surface area (Å²) in [6, 6.07) is 0. The Kier molecular flexibility index (Phi) is 10.7. The van der Waals surface area contributed by atoms with E-state index in [9.17, 15) is 0 Å². The molecule has 0 atom stereocenters. The van der Waals surface area contributed by atoms with Crippen LogP contribution in [0.25, 0.3) is 0 Å². The molecule has 0 rings (SSSR count). The fraction of sp³-hybridized carbons (Fsp3) is 1.00. The zero-order chi connectivity index (χ0) is 4.50. The van der Waals surface area contributed by atoms with Crippen LogP contribution in [0.15, 0.2) is 0 Å². The second-order valence-electron chi connectivity index (χ2n) is 0.600. The van der Waals surface area contributed by atoms with E-state index in [1.165, 1.54) is 0 Å². The molecule has 0 aromatic heterocycles. The van der Waals surface area contributed by atoms with Crippen molar-refractivity contribution < 1.29 is 19.2 Å². The van der Waals surface area contributed by atoms with Crippen molar-refractivity contribution in [3.63, 3.8) is 0 Å². The molecule has 0 spiro atoms. The number of hydrogen-bond donors (Lipinski definition) is 4. The fourth-order valence-electron chi connectivity index (χ4n) is 0. The van der Waals surface area contributed by atoms with Crippen LogP contribution >= 0.6 is 0 Å². The standard InChI is InChI=1S/CH4.Li.H4O4Si.H/c;;1-5(2,3)4;/h1H4;;1-4H;. The third kappa shape index (κ3) is 337. The van der Waals surface area contributed by atoms with E-state index in [4.69, 9.17) is 19.2 Å². The third-order valence-corrected chi connectivity index (χ3v) is 0. The molecule has 0 aliphatic heterocycles. The van der Waals surface area contributed by atoms with Crippen LogP contribution in [0.5, 0.6) is 0 Å². The predicted molar refractivity (Wildman–Crippen MR) is 28.5 cm³/mol. The van der Waals surface area contributed by atoms with Gasteiger partial charge in [-0.15, -0.1) is 0 Å². The molecule has 0 aromatic rings. The minimum absolute atomic E-state index is 0. The molecule has 0 saturated heterocycles. The summed E-state index contributed by atoms with van der Waals surface area (Å²) in [4.78, 5) is 29.3. The van der Waals surface area contributed by atoms with Gasteiger partial charge in [0.15, 0.2) is 0 Å². The molecule has 0 radical (unpaired) electrons. The Morgan fingerprint density at radius 1 is 0.857 bits per heavy atom. The first-order chi connectivity index (χ1) is 2.00. The molecular formula is CH9LiO4Si. The zero-order valence-corrected chi connectivity index (χ0v) is 3.29. The quantitative estimate of drug-likeness (QED) is 0.264. The van der Waals surface area contributed by atoms with E-state index in [0.717, 1.165) is 0 Å². The zero-order valence-electron chi connectivity index (χ0n) is 2.29. The summed E-state index contributed by atoms with van der Waals surface area (Å²) in [6.45, 7) is 0. The Hall–Kier alpha value is 0.654. The van der Waals surface area contributed by atoms with E-state index in [0.29, 0.717) is 0 Å². The van der Waals surface area contributed by atoms with Gasteiger partial charge in [-0.25, -0.2) is 0 Å². The summed E-state index contributed by atoms with van der Waals surface area (Å²) in [5, 5.41) is 0. The summed E-state index contributed by atoms with van der Waals surface area (Å²) in [6.07, 6.45) is 0. The molecule has 0 fully saturated rings. The maximum absolute atomic E-state index is 7.33. The SMILES string of the molecule is C.O[Si](O)(O)O.[LiH]. The maximum atomic E-state index is 7.33. The van der Waals surface area contributed by atoms with Crippen molar-refractivity contribution in [1.29, 1.82) is 0 Å². The Bertz CT molecular complexity index is 27.2. The second kappa shape index (κ2) is 4.80. The Morgan fingerprint density at radius 3 is 0.857 bits per heavy atom. The average molecular weight is 120 g/mol. The monoisotopic (exact) mass is 120 g/mol. The summed E-state index contributed by atoms with van der Waals surface area (Å²) in [7, 11) is -4.61. The Labute approximate surface area is 55.1 Å². The van der Waals surface area contributed by atoms with Gasteiger partial charge >= 0.3 is 27.9 Å². The molecule has 0 unspecified atom stereocenters. The summed E-state index contributed by atoms with van der Waals surface area (Å²) < 4.78 is 0. The first-order valence-corrected chi connectivity index (χ1v) is 2.68. The van der Waals surface area contributed by atoms with Crippen LogP contribution in [0.3, 0.4) is 0 Å². The third-order valence-electron chi connectivity index (χ3n) is 0. The molecule has 6 heteroatoms. The van der Waals surface area contributed by atoms with E-state index >= 15 is 0 Å². The van der Waals surface area contributed by atoms with Crippen molar-refractivity contribution in [3.05, 3.63) is 0 Å². The van der Waals surface area contributed by atoms with Crippen molar-refractivity contribution in [3.8, 4) is 0 Å². The topological polar surface area (TPSA) is 80.9 Å². The average Bonchev–Trinajstić information content (AvgIpc) is 0.722. The van der Waals surface area contributed by atoms with Crippen molar-refractivity contribution in [2.75, 3.05) is 0 Å². The normalized spacial score (nSPS) is 8.57. The van der Waals surface area contributed by atoms with Gasteiger partial charge in [0, 0.05) is 0 Å². The van der Waals surface area contributed by atoms with Crippen LogP contribution in [0.2, 0.25) is 0 Å². The summed E-state index contributed by atoms with van der Waals surface area (Å²) >= 11 is 0. The molecule has 0 aromatic carbocycles. The van der Waals surface area contributed by atoms with Crippen LogP contribution in [-0.4, -0.2) is 47.1 Å². The Morgan fingerprint density at radius 2 is 0.857 bits per heavy atom. The minimum atomic E-state index is -4.61. The molecule has 0 bridgehead atoms. The van der Waals surface area contributed by atoms with Crippen LogP contribution in [0.4, 0.5) is 0 Å². The van der Waals surface area contributed by atoms with E-state index in [-0.39, 0.29) is 26.3 Å². The summed E-state index contributed by atoms with van der Waals surface area (Å²) in [5.41, 5.74) is 0. The molecule has 42 valence electrons. The molecular weight excluding hydrogens is 111 g/mol. The van der Waals surface area contributed by atoms with E-state index in [1.54, 1.807) is 0 Å². The van der Waals surface area contributed by atoms with Gasteiger partial charge in [0.05, 0.1) is 0 Å². The Balaban J connectivity index is -0.0000000800. The fourth-order valence-corrected chi connectivity index (χ4v) is 0. The van der Waals surface area contributed by atoms with Crippen LogP contribution < -0.4 is 0 Å². The van der Waals surface area contributed by atoms with Crippen molar-refractivity contribution in [2.45, 2.75) is 7.43 Å². The molecule has 4 N–H and O–H groups in total. The molecule has 0 aliphatic rings. The van der Waals surface area contributed by atoms with Gasteiger partial charge in [-0.2, -0.15) is 0 Å². The number of rotatable bonds is 0. The van der Waals surface area contributed by atoms with E-state index in [1.807, 2.05) is 0 Å². The van der Waals surface area contributed by atoms with Crippen molar-refractivity contribution in [2.24, 2.45) is 0 Å². The molecule has 7 heavy (non-hydrogen) atoms. The first kappa shape index (κ1) is 15.6. The predicted octanol–water partition coefficient (Wildman–Crippen LogP) is -2.62. The van der Waals surface area contributed by atoms with Crippen LogP contribution in [0.1, 0.15) is 7.43 Å². The van der Waals surface area contributed by atoms with Crippen LogP contribution in [-0.2, 0) is 0 Å². The van der Waals surface area contributed by atoms with E-state index in [2.05, 4.69) is 0 Å². The van der Waals surface area contributed by atoms with Crippen molar-refractivity contribution >= 4 is 27.9 Å². The summed E-state index contributed by atoms with van der Waals surface area (Å²) in [5.74, 6) is 0. The molecule has 4 nitrogen and oxygen atoms in total. The van der Waals surface area contributed by atoms with Gasteiger partial charge < -0.3 is 19.2 Å². The molecule has 0 saturated carbocycles. The van der Waals surface area contributed by atoms with Gasteiger partial charge in [0.2, 0.25) is 0 Å². The van der Waals surface area contributed by atoms with Crippen LogP contribution in [0, 0.1) is 0 Å². The first-order valence-electron chi connectivity index (χ1n) is 0.894. The van der Waals surface area contributed by atoms with Gasteiger partial charge in [0.25, 0.3) is 0 Å². The number of hydrogen-bond acceptors (Lipinski definition) is 4.